The summed E-state index contributed by atoms with van der Waals surface area (Å²) in [6.07, 6.45) is 1.81. The minimum Gasteiger partial charge on any atom is -0.440 e. The van der Waals surface area contributed by atoms with Gasteiger partial charge in [0.2, 0.25) is 5.89 Å². The van der Waals surface area contributed by atoms with Crippen molar-refractivity contribution in [2.24, 2.45) is 0 Å². The highest BCUT2D eigenvalue weighted by molar-refractivity contribution is 7.98. The van der Waals surface area contributed by atoms with Crippen LogP contribution in [-0.2, 0) is 10.5 Å². The van der Waals surface area contributed by atoms with E-state index in [2.05, 4.69) is 9.88 Å². The van der Waals surface area contributed by atoms with E-state index in [1.807, 2.05) is 48.3 Å². The second-order valence-corrected chi connectivity index (χ2v) is 6.10. The van der Waals surface area contributed by atoms with Crippen LogP contribution < -0.4 is 0 Å². The molecule has 0 bridgehead atoms. The van der Waals surface area contributed by atoms with Gasteiger partial charge in [-0.2, -0.15) is 11.8 Å². The molecule has 2 heterocycles. The maximum Gasteiger partial charge on any atom is 0.204 e. The number of ether oxygens (including phenoxy) is 1. The van der Waals surface area contributed by atoms with Crippen LogP contribution in [0.15, 0.2) is 40.9 Å². The summed E-state index contributed by atoms with van der Waals surface area (Å²) < 4.78 is 11.1. The average molecular weight is 304 g/mol. The summed E-state index contributed by atoms with van der Waals surface area (Å²) in [5, 5.41) is 0. The molecular weight excluding hydrogens is 284 g/mol. The fraction of sp³-hybridized carbons (Fsp3) is 0.438. The van der Waals surface area contributed by atoms with E-state index < -0.39 is 0 Å². The van der Waals surface area contributed by atoms with Crippen molar-refractivity contribution in [3.05, 3.63) is 42.4 Å². The van der Waals surface area contributed by atoms with Crippen molar-refractivity contribution in [2.75, 3.05) is 38.6 Å². The quantitative estimate of drug-likeness (QED) is 0.767. The Balaban J connectivity index is 1.42. The molecule has 1 saturated heterocycles. The van der Waals surface area contributed by atoms with Crippen LogP contribution in [0.1, 0.15) is 5.89 Å². The van der Waals surface area contributed by atoms with Crippen molar-refractivity contribution in [2.45, 2.75) is 5.75 Å². The maximum absolute atomic E-state index is 5.80. The molecule has 0 radical (unpaired) electrons. The second kappa shape index (κ2) is 7.64. The van der Waals surface area contributed by atoms with Crippen molar-refractivity contribution in [1.29, 1.82) is 0 Å². The molecule has 0 N–H and O–H groups in total. The smallest absolute Gasteiger partial charge is 0.204 e. The number of benzene rings is 1. The normalized spacial score (nSPS) is 16.2. The predicted octanol–water partition coefficient (Wildman–Crippen LogP) is 2.91. The molecule has 2 aromatic rings. The van der Waals surface area contributed by atoms with E-state index in [1.165, 1.54) is 0 Å². The number of rotatable bonds is 6. The van der Waals surface area contributed by atoms with Crippen LogP contribution in [0.4, 0.5) is 0 Å². The summed E-state index contributed by atoms with van der Waals surface area (Å²) in [7, 11) is 0. The van der Waals surface area contributed by atoms with Crippen molar-refractivity contribution >= 4 is 11.8 Å². The van der Waals surface area contributed by atoms with Crippen LogP contribution >= 0.6 is 11.8 Å². The van der Waals surface area contributed by atoms with Crippen molar-refractivity contribution in [3.63, 3.8) is 0 Å². The van der Waals surface area contributed by atoms with Gasteiger partial charge in [0.1, 0.15) is 0 Å². The molecule has 0 saturated carbocycles. The number of morpholine rings is 1. The predicted molar refractivity (Wildman–Crippen MR) is 85.4 cm³/mol. The van der Waals surface area contributed by atoms with Gasteiger partial charge in [-0.15, -0.1) is 0 Å². The van der Waals surface area contributed by atoms with E-state index in [4.69, 9.17) is 9.15 Å². The SMILES string of the molecule is c1ccc(-c2cnc(CSCCN3CCOCC3)o2)cc1. The molecule has 1 aliphatic rings. The first-order valence-electron chi connectivity index (χ1n) is 7.30. The summed E-state index contributed by atoms with van der Waals surface area (Å²) in [4.78, 5) is 6.80. The zero-order valence-electron chi connectivity index (χ0n) is 12.0. The molecule has 0 atom stereocenters. The van der Waals surface area contributed by atoms with Crippen LogP contribution in [0, 0.1) is 0 Å². The fourth-order valence-corrected chi connectivity index (χ4v) is 3.13. The molecular formula is C16H20N2O2S. The van der Waals surface area contributed by atoms with Gasteiger partial charge in [0.25, 0.3) is 0 Å². The fourth-order valence-electron chi connectivity index (χ4n) is 2.29. The summed E-state index contributed by atoms with van der Waals surface area (Å²) in [5.74, 6) is 3.58. The summed E-state index contributed by atoms with van der Waals surface area (Å²) in [5.41, 5.74) is 1.08. The van der Waals surface area contributed by atoms with Crippen molar-refractivity contribution in [1.82, 2.24) is 9.88 Å². The molecule has 0 aliphatic carbocycles. The number of hydrogen-bond donors (Lipinski definition) is 0. The molecule has 1 aliphatic heterocycles. The number of aromatic nitrogens is 1. The molecule has 0 unspecified atom stereocenters. The first kappa shape index (κ1) is 14.6. The van der Waals surface area contributed by atoms with Crippen LogP contribution in [0.2, 0.25) is 0 Å². The number of oxazole rings is 1. The van der Waals surface area contributed by atoms with E-state index in [0.29, 0.717) is 0 Å². The van der Waals surface area contributed by atoms with E-state index >= 15 is 0 Å². The van der Waals surface area contributed by atoms with Gasteiger partial charge in [-0.3, -0.25) is 4.90 Å². The average Bonchev–Trinajstić information content (AvgIpc) is 3.02. The summed E-state index contributed by atoms with van der Waals surface area (Å²) in [6.45, 7) is 4.95. The van der Waals surface area contributed by atoms with Crippen LogP contribution in [0.5, 0.6) is 0 Å². The zero-order valence-corrected chi connectivity index (χ0v) is 12.8. The Bertz CT molecular complexity index is 538. The Morgan fingerprint density at radius 3 is 2.76 bits per heavy atom. The lowest BCUT2D eigenvalue weighted by atomic mass is 10.2. The highest BCUT2D eigenvalue weighted by Gasteiger charge is 2.10. The third kappa shape index (κ3) is 4.33. The van der Waals surface area contributed by atoms with Crippen LogP contribution in [0.25, 0.3) is 11.3 Å². The number of hydrogen-bond acceptors (Lipinski definition) is 5. The van der Waals surface area contributed by atoms with Gasteiger partial charge in [-0.1, -0.05) is 30.3 Å². The monoisotopic (exact) mass is 304 g/mol. The summed E-state index contributed by atoms with van der Waals surface area (Å²) >= 11 is 1.87. The summed E-state index contributed by atoms with van der Waals surface area (Å²) in [6, 6.07) is 10.1. The third-order valence-electron chi connectivity index (χ3n) is 3.49. The minimum atomic E-state index is 0.806. The van der Waals surface area contributed by atoms with E-state index in [0.717, 1.165) is 61.6 Å². The van der Waals surface area contributed by atoms with Crippen LogP contribution in [0.3, 0.4) is 0 Å². The molecule has 21 heavy (non-hydrogen) atoms. The molecule has 4 nitrogen and oxygen atoms in total. The Morgan fingerprint density at radius 2 is 1.95 bits per heavy atom. The largest absolute Gasteiger partial charge is 0.440 e. The molecule has 0 amide bonds. The van der Waals surface area contributed by atoms with Crippen LogP contribution in [-0.4, -0.2) is 48.5 Å². The lowest BCUT2D eigenvalue weighted by Crippen LogP contribution is -2.37. The molecule has 5 heteroatoms. The van der Waals surface area contributed by atoms with Gasteiger partial charge in [0.15, 0.2) is 5.76 Å². The molecule has 3 rings (SSSR count). The third-order valence-corrected chi connectivity index (χ3v) is 4.42. The molecule has 0 spiro atoms. The Morgan fingerprint density at radius 1 is 1.14 bits per heavy atom. The minimum absolute atomic E-state index is 0.806. The van der Waals surface area contributed by atoms with Gasteiger partial charge in [0.05, 0.1) is 25.2 Å². The molecule has 1 aromatic carbocycles. The second-order valence-electron chi connectivity index (χ2n) is 4.99. The first-order valence-corrected chi connectivity index (χ1v) is 8.45. The lowest BCUT2D eigenvalue weighted by molar-refractivity contribution is 0.0410. The van der Waals surface area contributed by atoms with Crippen molar-refractivity contribution < 1.29 is 9.15 Å². The van der Waals surface area contributed by atoms with Crippen molar-refractivity contribution in [3.8, 4) is 11.3 Å². The Hall–Kier alpha value is -1.30. The standard InChI is InChI=1S/C16H20N2O2S/c1-2-4-14(5-3-1)15-12-17-16(20-15)13-21-11-8-18-6-9-19-10-7-18/h1-5,12H,6-11,13H2. The zero-order chi connectivity index (χ0) is 14.3. The van der Waals surface area contributed by atoms with Gasteiger partial charge in [-0.25, -0.2) is 4.98 Å². The highest BCUT2D eigenvalue weighted by Crippen LogP contribution is 2.21. The Labute approximate surface area is 129 Å². The van der Waals surface area contributed by atoms with Gasteiger partial charge in [0, 0.05) is 31.0 Å². The van der Waals surface area contributed by atoms with Gasteiger partial charge < -0.3 is 9.15 Å². The number of nitrogens with zero attached hydrogens (tertiary/aromatic N) is 2. The van der Waals surface area contributed by atoms with Gasteiger partial charge >= 0.3 is 0 Å². The first-order chi connectivity index (χ1) is 10.4. The highest BCUT2D eigenvalue weighted by atomic mass is 32.2. The van der Waals surface area contributed by atoms with E-state index in [-0.39, 0.29) is 0 Å². The molecule has 1 fully saturated rings. The van der Waals surface area contributed by atoms with E-state index in [9.17, 15) is 0 Å². The lowest BCUT2D eigenvalue weighted by Gasteiger charge is -2.26. The Kier molecular flexibility index (Phi) is 5.32. The van der Waals surface area contributed by atoms with Gasteiger partial charge in [-0.05, 0) is 0 Å². The topological polar surface area (TPSA) is 38.5 Å². The molecule has 112 valence electrons. The van der Waals surface area contributed by atoms with E-state index in [1.54, 1.807) is 0 Å². The maximum atomic E-state index is 5.80. The number of thioether (sulfide) groups is 1. The molecule has 1 aromatic heterocycles.